The monoisotopic (exact) mass is 509 g/mol. The summed E-state index contributed by atoms with van der Waals surface area (Å²) in [5, 5.41) is 54.3. The number of hydrogen-bond donors (Lipinski definition) is 6. The summed E-state index contributed by atoms with van der Waals surface area (Å²) in [7, 11) is 0. The number of amides is 1. The van der Waals surface area contributed by atoms with Gasteiger partial charge in [-0.1, -0.05) is 13.0 Å². The van der Waals surface area contributed by atoms with E-state index in [0.29, 0.717) is 5.56 Å². The van der Waals surface area contributed by atoms with Crippen LogP contribution in [0.15, 0.2) is 23.8 Å². The summed E-state index contributed by atoms with van der Waals surface area (Å²) >= 11 is 0. The number of aliphatic hydroxyl groups excluding tert-OH is 4. The summed E-state index contributed by atoms with van der Waals surface area (Å²) < 4.78 is 21.5. The number of phenols is 1. The number of nitrogens with one attached hydrogen (secondary N) is 1. The molecule has 0 unspecified atom stereocenters. The number of carbonyl (C=O) groups is 2. The lowest BCUT2D eigenvalue weighted by Crippen LogP contribution is -2.67. The molecule has 2 saturated heterocycles. The highest BCUT2D eigenvalue weighted by atomic mass is 16.7. The molecule has 1 aromatic rings. The van der Waals surface area contributed by atoms with Crippen molar-refractivity contribution in [1.82, 2.24) is 5.32 Å². The molecule has 3 aliphatic rings. The number of benzene rings is 1. The van der Waals surface area contributed by atoms with Crippen LogP contribution >= 0.6 is 0 Å². The van der Waals surface area contributed by atoms with E-state index in [0.717, 1.165) is 0 Å². The van der Waals surface area contributed by atoms with Gasteiger partial charge in [-0.3, -0.25) is 9.59 Å². The van der Waals surface area contributed by atoms with Crippen LogP contribution in [-0.4, -0.2) is 99.1 Å². The average molecular weight is 510 g/mol. The van der Waals surface area contributed by atoms with E-state index in [1.807, 2.05) is 0 Å². The highest BCUT2D eigenvalue weighted by Crippen LogP contribution is 2.34. The Hall–Kier alpha value is -2.58. The first-order valence-electron chi connectivity index (χ1n) is 11.6. The topological polar surface area (TPSA) is 184 Å². The van der Waals surface area contributed by atoms with Crippen molar-refractivity contribution >= 4 is 17.8 Å². The predicted octanol–water partition coefficient (Wildman–Crippen LogP) is -1.19. The summed E-state index contributed by atoms with van der Waals surface area (Å²) in [6.45, 7) is 4.39. The van der Waals surface area contributed by atoms with Crippen LogP contribution in [0, 0.1) is 5.92 Å². The van der Waals surface area contributed by atoms with Gasteiger partial charge in [0, 0.05) is 11.5 Å². The summed E-state index contributed by atoms with van der Waals surface area (Å²) in [6.07, 6.45) is -7.45. The molecule has 1 amide bonds. The third-order valence-corrected chi connectivity index (χ3v) is 6.85. The molecule has 0 bridgehead atoms. The summed E-state index contributed by atoms with van der Waals surface area (Å²) in [5.74, 6) is -1.59. The first-order valence-corrected chi connectivity index (χ1v) is 11.6. The Kier molecular flexibility index (Phi) is 7.67. The van der Waals surface area contributed by atoms with Gasteiger partial charge in [0.15, 0.2) is 17.3 Å². The van der Waals surface area contributed by atoms with E-state index in [2.05, 4.69) is 5.32 Å². The molecule has 12 heteroatoms. The van der Waals surface area contributed by atoms with Crippen LogP contribution in [0.1, 0.15) is 26.3 Å². The predicted molar refractivity (Wildman–Crippen MR) is 121 cm³/mol. The van der Waals surface area contributed by atoms with Gasteiger partial charge >= 0.3 is 0 Å². The second-order valence-electron chi connectivity index (χ2n) is 9.41. The molecule has 3 fully saturated rings. The maximum Gasteiger partial charge on any atom is 0.247 e. The van der Waals surface area contributed by atoms with Gasteiger partial charge in [-0.2, -0.15) is 0 Å². The zero-order valence-electron chi connectivity index (χ0n) is 20.0. The highest BCUT2D eigenvalue weighted by Gasteiger charge is 2.53. The Balaban J connectivity index is 1.41. The van der Waals surface area contributed by atoms with Crippen molar-refractivity contribution in [3.05, 3.63) is 29.3 Å². The number of aromatic hydroxyl groups is 1. The minimum absolute atomic E-state index is 0.0190. The lowest BCUT2D eigenvalue weighted by atomic mass is 9.83. The summed E-state index contributed by atoms with van der Waals surface area (Å²) in [6, 6.07) is 3.13. The summed E-state index contributed by atoms with van der Waals surface area (Å²) in [4.78, 5) is 24.4. The molecule has 1 aliphatic carbocycles. The van der Waals surface area contributed by atoms with Gasteiger partial charge in [-0.05, 0) is 37.6 Å². The van der Waals surface area contributed by atoms with Crippen molar-refractivity contribution < 1.29 is 54.1 Å². The Morgan fingerprint density at radius 1 is 1.03 bits per heavy atom. The molecule has 0 spiro atoms. The number of hydrogen-bond acceptors (Lipinski definition) is 11. The molecular formula is C24H31NO11. The Bertz CT molecular complexity index is 1030. The zero-order chi connectivity index (χ0) is 26.3. The van der Waals surface area contributed by atoms with Crippen LogP contribution in [-0.2, 0) is 23.8 Å². The molecule has 12 nitrogen and oxygen atoms in total. The number of Topliss-reactive ketones (excluding diaryl/α,β-unsaturated/α-hetero) is 1. The maximum absolute atomic E-state index is 12.7. The molecule has 2 aliphatic heterocycles. The van der Waals surface area contributed by atoms with E-state index in [9.17, 15) is 35.1 Å². The fourth-order valence-corrected chi connectivity index (χ4v) is 4.72. The van der Waals surface area contributed by atoms with Crippen molar-refractivity contribution in [3.8, 4) is 11.5 Å². The fraction of sp³-hybridized carbons (Fsp3) is 0.583. The molecular weight excluding hydrogens is 478 g/mol. The minimum Gasteiger partial charge on any atom is -0.504 e. The quantitative estimate of drug-likeness (QED) is 0.253. The van der Waals surface area contributed by atoms with E-state index in [4.69, 9.17) is 18.9 Å². The van der Waals surface area contributed by atoms with E-state index in [1.165, 1.54) is 32.1 Å². The number of ketones is 1. The summed E-state index contributed by atoms with van der Waals surface area (Å²) in [5.41, 5.74) is 0.628. The standard InChI is InChI=1S/C24H31NO11/c1-9(23(32)25-15-17(29)19(31)22-21(18(15)30)33-8-34-22)6-12-4-5-14(13(27)7-12)35-24-16(28)10(2)20(36-24)11(3)26/h4-7,10,15-22,24,27-31H,8H2,1-3H3,(H,25,32)/b9-6+/t10-,15+,16-,17-,18+,19+,20-,21-,22+,24+/m0/s1. The molecule has 6 N–H and O–H groups in total. The zero-order valence-corrected chi connectivity index (χ0v) is 20.0. The molecule has 36 heavy (non-hydrogen) atoms. The SMILES string of the molecule is CC(=O)[C@H]1O[C@@H](Oc2ccc(/C=C(\C)C(=O)N[C@@H]3[C@H](O)[C@@H](O)[C@H]4OCO[C@H]4[C@@H]3O)cc2O)[C@@H](O)[C@@H]1C. The fourth-order valence-electron chi connectivity index (χ4n) is 4.72. The van der Waals surface area contributed by atoms with Gasteiger partial charge in [-0.15, -0.1) is 0 Å². The van der Waals surface area contributed by atoms with Crippen LogP contribution < -0.4 is 10.1 Å². The lowest BCUT2D eigenvalue weighted by Gasteiger charge is -2.41. The number of rotatable bonds is 6. The molecule has 0 radical (unpaired) electrons. The molecule has 0 aromatic heterocycles. The molecule has 2 heterocycles. The second kappa shape index (κ2) is 10.4. The third-order valence-electron chi connectivity index (χ3n) is 6.85. The van der Waals surface area contributed by atoms with Crippen LogP contribution in [0.5, 0.6) is 11.5 Å². The van der Waals surface area contributed by atoms with Crippen molar-refractivity contribution in [2.75, 3.05) is 6.79 Å². The molecule has 10 atom stereocenters. The Morgan fingerprint density at radius 3 is 2.31 bits per heavy atom. The van der Waals surface area contributed by atoms with Crippen molar-refractivity contribution in [1.29, 1.82) is 0 Å². The van der Waals surface area contributed by atoms with Crippen LogP contribution in [0.2, 0.25) is 0 Å². The highest BCUT2D eigenvalue weighted by molar-refractivity contribution is 5.97. The first-order chi connectivity index (χ1) is 17.0. The number of aliphatic hydroxyl groups is 4. The van der Waals surface area contributed by atoms with E-state index in [1.54, 1.807) is 13.0 Å². The van der Waals surface area contributed by atoms with Crippen LogP contribution in [0.3, 0.4) is 0 Å². The van der Waals surface area contributed by atoms with Gasteiger partial charge in [0.1, 0.15) is 49.5 Å². The number of phenolic OH excluding ortho intramolecular Hbond substituents is 1. The minimum atomic E-state index is -1.47. The number of fused-ring (bicyclic) bond motifs is 1. The normalized spacial score (nSPS) is 38.5. The second-order valence-corrected chi connectivity index (χ2v) is 9.41. The molecule has 1 saturated carbocycles. The van der Waals surface area contributed by atoms with E-state index < -0.39 is 66.9 Å². The van der Waals surface area contributed by atoms with Gasteiger partial charge in [0.05, 0.1) is 6.04 Å². The molecule has 4 rings (SSSR count). The molecule has 1 aromatic carbocycles. The lowest BCUT2D eigenvalue weighted by molar-refractivity contribution is -0.155. The van der Waals surface area contributed by atoms with E-state index in [-0.39, 0.29) is 29.6 Å². The van der Waals surface area contributed by atoms with Gasteiger partial charge < -0.3 is 49.8 Å². The van der Waals surface area contributed by atoms with Gasteiger partial charge in [0.25, 0.3) is 0 Å². The average Bonchev–Trinajstić information content (AvgIpc) is 3.43. The third kappa shape index (κ3) is 4.98. The smallest absolute Gasteiger partial charge is 0.247 e. The van der Waals surface area contributed by atoms with Crippen molar-refractivity contribution in [3.63, 3.8) is 0 Å². The van der Waals surface area contributed by atoms with Crippen molar-refractivity contribution in [2.45, 2.75) is 75.8 Å². The number of ether oxygens (including phenoxy) is 4. The maximum atomic E-state index is 12.7. The molecule has 198 valence electrons. The van der Waals surface area contributed by atoms with E-state index >= 15 is 0 Å². The first kappa shape index (κ1) is 26.5. The van der Waals surface area contributed by atoms with Crippen LogP contribution in [0.4, 0.5) is 0 Å². The largest absolute Gasteiger partial charge is 0.504 e. The van der Waals surface area contributed by atoms with Crippen LogP contribution in [0.25, 0.3) is 6.08 Å². The van der Waals surface area contributed by atoms with Crippen molar-refractivity contribution in [2.24, 2.45) is 5.92 Å². The van der Waals surface area contributed by atoms with Gasteiger partial charge in [-0.25, -0.2) is 0 Å². The Morgan fingerprint density at radius 2 is 1.69 bits per heavy atom. The Labute approximate surface area is 207 Å². The van der Waals surface area contributed by atoms with Gasteiger partial charge in [0.2, 0.25) is 12.2 Å². The number of carbonyl (C=O) groups excluding carboxylic acids is 2.